The molecule has 0 aromatic heterocycles. The number of para-hydroxylation sites is 1. The second-order valence-electron chi connectivity index (χ2n) is 2.73. The number of hydrogen-bond acceptors (Lipinski definition) is 4. The summed E-state index contributed by atoms with van der Waals surface area (Å²) in [6, 6.07) is 8.92. The van der Waals surface area contributed by atoms with E-state index < -0.39 is 6.29 Å². The van der Waals surface area contributed by atoms with Crippen molar-refractivity contribution in [3.8, 4) is 0 Å². The Hall–Kier alpha value is -1.10. The van der Waals surface area contributed by atoms with Gasteiger partial charge in [0.05, 0.1) is 12.2 Å². The van der Waals surface area contributed by atoms with E-state index >= 15 is 0 Å². The lowest BCUT2D eigenvalue weighted by molar-refractivity contribution is -0.0461. The topological polar surface area (TPSA) is 63.9 Å². The highest BCUT2D eigenvalue weighted by molar-refractivity contribution is 5.42. The Morgan fingerprint density at radius 1 is 1.15 bits per heavy atom. The third-order valence-corrected chi connectivity index (χ3v) is 1.65. The molecule has 1 aromatic rings. The maximum Gasteiger partial charge on any atom is 0.153 e. The summed E-state index contributed by atoms with van der Waals surface area (Å²) < 4.78 is 0. The SMILES string of the molecule is OC(O)CCN(O)c1ccccc1. The zero-order valence-corrected chi connectivity index (χ0v) is 7.17. The molecule has 0 aliphatic rings. The van der Waals surface area contributed by atoms with Gasteiger partial charge in [0, 0.05) is 6.42 Å². The fourth-order valence-electron chi connectivity index (χ4n) is 0.967. The zero-order chi connectivity index (χ0) is 9.68. The molecule has 1 aromatic carbocycles. The first kappa shape index (κ1) is 9.98. The van der Waals surface area contributed by atoms with Gasteiger partial charge in [-0.2, -0.15) is 0 Å². The van der Waals surface area contributed by atoms with Crippen LogP contribution in [0.15, 0.2) is 30.3 Å². The number of hydroxylamine groups is 1. The van der Waals surface area contributed by atoms with Crippen molar-refractivity contribution in [1.29, 1.82) is 0 Å². The van der Waals surface area contributed by atoms with E-state index in [9.17, 15) is 5.21 Å². The first-order valence-corrected chi connectivity index (χ1v) is 4.08. The minimum Gasteiger partial charge on any atom is -0.368 e. The van der Waals surface area contributed by atoms with Crippen LogP contribution in [0.3, 0.4) is 0 Å². The van der Waals surface area contributed by atoms with Gasteiger partial charge in [-0.25, -0.2) is 0 Å². The van der Waals surface area contributed by atoms with E-state index in [2.05, 4.69) is 0 Å². The van der Waals surface area contributed by atoms with Crippen LogP contribution in [0.2, 0.25) is 0 Å². The Morgan fingerprint density at radius 2 is 1.77 bits per heavy atom. The lowest BCUT2D eigenvalue weighted by atomic mass is 10.3. The predicted octanol–water partition coefficient (Wildman–Crippen LogP) is 0.583. The highest BCUT2D eigenvalue weighted by Gasteiger charge is 2.04. The van der Waals surface area contributed by atoms with Crippen molar-refractivity contribution >= 4 is 5.69 Å². The summed E-state index contributed by atoms with van der Waals surface area (Å²) in [5.41, 5.74) is 0.642. The molecule has 0 fully saturated rings. The minimum absolute atomic E-state index is 0.116. The summed E-state index contributed by atoms with van der Waals surface area (Å²) in [4.78, 5) is 0. The van der Waals surface area contributed by atoms with Crippen LogP contribution in [0.4, 0.5) is 5.69 Å². The van der Waals surface area contributed by atoms with Gasteiger partial charge < -0.3 is 10.2 Å². The smallest absolute Gasteiger partial charge is 0.153 e. The molecule has 4 nitrogen and oxygen atoms in total. The molecule has 13 heavy (non-hydrogen) atoms. The van der Waals surface area contributed by atoms with Crippen molar-refractivity contribution in [2.45, 2.75) is 12.7 Å². The highest BCUT2D eigenvalue weighted by Crippen LogP contribution is 2.10. The summed E-state index contributed by atoms with van der Waals surface area (Å²) in [7, 11) is 0. The number of rotatable bonds is 4. The average Bonchev–Trinajstić information content (AvgIpc) is 2.15. The maximum atomic E-state index is 9.38. The number of anilines is 1. The van der Waals surface area contributed by atoms with Crippen molar-refractivity contribution < 1.29 is 15.4 Å². The van der Waals surface area contributed by atoms with Crippen LogP contribution in [0.5, 0.6) is 0 Å². The molecule has 0 aliphatic heterocycles. The van der Waals surface area contributed by atoms with E-state index in [4.69, 9.17) is 10.2 Å². The molecule has 0 spiro atoms. The monoisotopic (exact) mass is 183 g/mol. The molecule has 0 saturated heterocycles. The molecular formula is C9H13NO3. The van der Waals surface area contributed by atoms with Gasteiger partial charge in [-0.3, -0.25) is 10.3 Å². The van der Waals surface area contributed by atoms with Crippen molar-refractivity contribution in [3.63, 3.8) is 0 Å². The molecule has 0 radical (unpaired) electrons. The van der Waals surface area contributed by atoms with E-state index in [1.165, 1.54) is 0 Å². The van der Waals surface area contributed by atoms with Crippen molar-refractivity contribution in [1.82, 2.24) is 0 Å². The average molecular weight is 183 g/mol. The van der Waals surface area contributed by atoms with Crippen LogP contribution in [0.25, 0.3) is 0 Å². The van der Waals surface area contributed by atoms with Crippen molar-refractivity contribution in [2.24, 2.45) is 0 Å². The number of hydrogen-bond donors (Lipinski definition) is 3. The Labute approximate surface area is 76.6 Å². The first-order valence-electron chi connectivity index (χ1n) is 4.08. The van der Waals surface area contributed by atoms with Gasteiger partial charge in [-0.05, 0) is 12.1 Å². The quantitative estimate of drug-likeness (QED) is 0.472. The first-order chi connectivity index (χ1) is 6.20. The Bertz CT molecular complexity index is 238. The van der Waals surface area contributed by atoms with Gasteiger partial charge in [0.1, 0.15) is 0 Å². The van der Waals surface area contributed by atoms with E-state index in [-0.39, 0.29) is 13.0 Å². The van der Waals surface area contributed by atoms with E-state index in [1.54, 1.807) is 24.3 Å². The molecule has 3 N–H and O–H groups in total. The zero-order valence-electron chi connectivity index (χ0n) is 7.17. The number of nitrogens with zero attached hydrogens (tertiary/aromatic N) is 1. The third kappa shape index (κ3) is 3.42. The molecule has 0 atom stereocenters. The second-order valence-corrected chi connectivity index (χ2v) is 2.73. The fraction of sp³-hybridized carbons (Fsp3) is 0.333. The molecule has 72 valence electrons. The normalized spacial score (nSPS) is 10.5. The molecule has 0 aliphatic carbocycles. The second kappa shape index (κ2) is 4.81. The molecule has 1 rings (SSSR count). The van der Waals surface area contributed by atoms with Crippen molar-refractivity contribution in [3.05, 3.63) is 30.3 Å². The molecule has 0 amide bonds. The Balaban J connectivity index is 2.44. The Morgan fingerprint density at radius 3 is 2.31 bits per heavy atom. The van der Waals surface area contributed by atoms with Gasteiger partial charge >= 0.3 is 0 Å². The Kier molecular flexibility index (Phi) is 3.70. The molecular weight excluding hydrogens is 170 g/mol. The fourth-order valence-corrected chi connectivity index (χ4v) is 0.967. The molecule has 0 unspecified atom stereocenters. The highest BCUT2D eigenvalue weighted by atomic mass is 16.5. The van der Waals surface area contributed by atoms with Crippen molar-refractivity contribution in [2.75, 3.05) is 11.6 Å². The van der Waals surface area contributed by atoms with Crippen LogP contribution in [0, 0.1) is 0 Å². The maximum absolute atomic E-state index is 9.38. The van der Waals surface area contributed by atoms with Crippen LogP contribution in [-0.4, -0.2) is 28.3 Å². The van der Waals surface area contributed by atoms with Crippen LogP contribution >= 0.6 is 0 Å². The lowest BCUT2D eigenvalue weighted by Crippen LogP contribution is -2.23. The number of aliphatic hydroxyl groups is 2. The summed E-state index contributed by atoms with van der Waals surface area (Å²) >= 11 is 0. The van der Waals surface area contributed by atoms with Gasteiger partial charge in [-0.1, -0.05) is 18.2 Å². The summed E-state index contributed by atoms with van der Waals surface area (Å²) in [6.45, 7) is 0.196. The summed E-state index contributed by atoms with van der Waals surface area (Å²) in [5, 5.41) is 27.5. The van der Waals surface area contributed by atoms with E-state index in [0.717, 1.165) is 5.06 Å². The summed E-state index contributed by atoms with van der Waals surface area (Å²) in [6.07, 6.45) is -1.26. The molecule has 0 bridgehead atoms. The van der Waals surface area contributed by atoms with Gasteiger partial charge in [0.25, 0.3) is 0 Å². The van der Waals surface area contributed by atoms with Gasteiger partial charge in [0.2, 0.25) is 0 Å². The number of aliphatic hydroxyl groups excluding tert-OH is 1. The van der Waals surface area contributed by atoms with Crippen LogP contribution < -0.4 is 5.06 Å². The molecule has 4 heteroatoms. The van der Waals surface area contributed by atoms with Gasteiger partial charge in [0.15, 0.2) is 6.29 Å². The van der Waals surface area contributed by atoms with Gasteiger partial charge in [-0.15, -0.1) is 0 Å². The van der Waals surface area contributed by atoms with E-state index in [0.29, 0.717) is 5.69 Å². The summed E-state index contributed by atoms with van der Waals surface area (Å²) in [5.74, 6) is 0. The molecule has 0 saturated carbocycles. The standard InChI is InChI=1S/C9H13NO3/c11-9(12)6-7-10(13)8-4-2-1-3-5-8/h1-5,9,11-13H,6-7H2. The minimum atomic E-state index is -1.38. The van der Waals surface area contributed by atoms with Crippen LogP contribution in [0.1, 0.15) is 6.42 Å². The third-order valence-electron chi connectivity index (χ3n) is 1.65. The molecule has 0 heterocycles. The predicted molar refractivity (Wildman–Crippen MR) is 48.4 cm³/mol. The number of benzene rings is 1. The lowest BCUT2D eigenvalue weighted by Gasteiger charge is -2.16. The van der Waals surface area contributed by atoms with Crippen LogP contribution in [-0.2, 0) is 0 Å². The van der Waals surface area contributed by atoms with E-state index in [1.807, 2.05) is 6.07 Å². The largest absolute Gasteiger partial charge is 0.368 e.